The quantitative estimate of drug-likeness (QED) is 0.686. The smallest absolute Gasteiger partial charge is 0.253 e. The van der Waals surface area contributed by atoms with Gasteiger partial charge in [-0.25, -0.2) is 4.98 Å². The molecule has 0 amide bonds. The van der Waals surface area contributed by atoms with Crippen LogP contribution in [0.25, 0.3) is 0 Å². The van der Waals surface area contributed by atoms with E-state index in [-0.39, 0.29) is 6.61 Å². The van der Waals surface area contributed by atoms with Gasteiger partial charge in [0.25, 0.3) is 5.88 Å². The van der Waals surface area contributed by atoms with Gasteiger partial charge in [0.1, 0.15) is 6.26 Å². The van der Waals surface area contributed by atoms with Gasteiger partial charge in [-0.1, -0.05) is 0 Å². The molecule has 2 aromatic rings. The SMILES string of the molecule is c1coc(COc2cocn2)n1. The first-order valence-corrected chi connectivity index (χ1v) is 3.34. The molecule has 0 atom stereocenters. The fourth-order valence-corrected chi connectivity index (χ4v) is 0.733. The minimum absolute atomic E-state index is 0.263. The molecule has 2 aromatic heterocycles. The van der Waals surface area contributed by atoms with Crippen LogP contribution in [0.4, 0.5) is 0 Å². The highest BCUT2D eigenvalue weighted by atomic mass is 16.5. The first-order valence-electron chi connectivity index (χ1n) is 3.34. The molecule has 62 valence electrons. The number of oxazole rings is 2. The Balaban J connectivity index is 1.91. The molecule has 0 N–H and O–H groups in total. The molecule has 0 bridgehead atoms. The molecule has 5 heteroatoms. The third kappa shape index (κ3) is 1.45. The topological polar surface area (TPSA) is 61.3 Å². The fraction of sp³-hybridized carbons (Fsp3) is 0.143. The summed E-state index contributed by atoms with van der Waals surface area (Å²) in [6.45, 7) is 0.263. The van der Waals surface area contributed by atoms with E-state index in [0.717, 1.165) is 0 Å². The van der Waals surface area contributed by atoms with Gasteiger partial charge in [-0.2, -0.15) is 4.98 Å². The van der Waals surface area contributed by atoms with Crippen LogP contribution < -0.4 is 4.74 Å². The zero-order valence-electron chi connectivity index (χ0n) is 6.14. The lowest BCUT2D eigenvalue weighted by Gasteiger charge is -1.95. The third-order valence-electron chi connectivity index (χ3n) is 1.24. The van der Waals surface area contributed by atoms with E-state index in [9.17, 15) is 0 Å². The van der Waals surface area contributed by atoms with Crippen LogP contribution in [0.5, 0.6) is 5.88 Å². The number of nitrogens with zero attached hydrogens (tertiary/aromatic N) is 2. The number of ether oxygens (including phenoxy) is 1. The van der Waals surface area contributed by atoms with E-state index >= 15 is 0 Å². The molecular formula is C7H6N2O3. The molecular weight excluding hydrogens is 160 g/mol. The molecule has 0 saturated carbocycles. The number of hydrogen-bond donors (Lipinski definition) is 0. The summed E-state index contributed by atoms with van der Waals surface area (Å²) in [6, 6.07) is 0. The molecule has 0 saturated heterocycles. The maximum absolute atomic E-state index is 5.13. The average Bonchev–Trinajstić information content (AvgIpc) is 2.74. The Morgan fingerprint density at radius 3 is 3.08 bits per heavy atom. The van der Waals surface area contributed by atoms with E-state index in [1.165, 1.54) is 18.9 Å². The van der Waals surface area contributed by atoms with Crippen molar-refractivity contribution in [2.24, 2.45) is 0 Å². The van der Waals surface area contributed by atoms with Crippen molar-refractivity contribution < 1.29 is 13.6 Å². The van der Waals surface area contributed by atoms with Gasteiger partial charge in [-0.3, -0.25) is 0 Å². The Bertz CT molecular complexity index is 280. The van der Waals surface area contributed by atoms with Crippen LogP contribution in [0.3, 0.4) is 0 Å². The normalized spacial score (nSPS) is 10.0. The number of aromatic nitrogens is 2. The van der Waals surface area contributed by atoms with Crippen molar-refractivity contribution in [2.45, 2.75) is 6.61 Å². The van der Waals surface area contributed by atoms with Crippen molar-refractivity contribution in [2.75, 3.05) is 0 Å². The Hall–Kier alpha value is -1.78. The van der Waals surface area contributed by atoms with Crippen LogP contribution in [-0.4, -0.2) is 9.97 Å². The van der Waals surface area contributed by atoms with Crippen molar-refractivity contribution in [3.63, 3.8) is 0 Å². The summed E-state index contributed by atoms with van der Waals surface area (Å²) in [5.74, 6) is 0.936. The first kappa shape index (κ1) is 6.90. The van der Waals surface area contributed by atoms with Crippen LogP contribution in [0.15, 0.2) is 34.0 Å². The summed E-state index contributed by atoms with van der Waals surface area (Å²) in [5, 5.41) is 0. The van der Waals surface area contributed by atoms with Gasteiger partial charge in [-0.05, 0) is 0 Å². The van der Waals surface area contributed by atoms with Crippen molar-refractivity contribution in [3.8, 4) is 5.88 Å². The summed E-state index contributed by atoms with van der Waals surface area (Å²) in [7, 11) is 0. The lowest BCUT2D eigenvalue weighted by atomic mass is 10.7. The molecule has 12 heavy (non-hydrogen) atoms. The van der Waals surface area contributed by atoms with Gasteiger partial charge in [0.05, 0.1) is 6.20 Å². The van der Waals surface area contributed by atoms with Gasteiger partial charge >= 0.3 is 0 Å². The van der Waals surface area contributed by atoms with Gasteiger partial charge in [0.15, 0.2) is 19.3 Å². The Morgan fingerprint density at radius 1 is 1.42 bits per heavy atom. The van der Waals surface area contributed by atoms with Gasteiger partial charge < -0.3 is 13.6 Å². The van der Waals surface area contributed by atoms with Crippen LogP contribution >= 0.6 is 0 Å². The van der Waals surface area contributed by atoms with E-state index in [1.54, 1.807) is 6.20 Å². The molecule has 0 unspecified atom stereocenters. The number of hydrogen-bond acceptors (Lipinski definition) is 5. The molecule has 2 heterocycles. The lowest BCUT2D eigenvalue weighted by molar-refractivity contribution is 0.253. The summed E-state index contributed by atoms with van der Waals surface area (Å²) in [5.41, 5.74) is 0. The molecule has 0 spiro atoms. The second-order valence-electron chi connectivity index (χ2n) is 2.04. The maximum Gasteiger partial charge on any atom is 0.253 e. The predicted octanol–water partition coefficient (Wildman–Crippen LogP) is 1.24. The van der Waals surface area contributed by atoms with Crippen LogP contribution in [0.1, 0.15) is 5.89 Å². The first-order chi connectivity index (χ1) is 5.95. The zero-order valence-corrected chi connectivity index (χ0v) is 6.14. The summed E-state index contributed by atoms with van der Waals surface area (Å²) < 4.78 is 14.8. The van der Waals surface area contributed by atoms with Crippen molar-refractivity contribution in [3.05, 3.63) is 31.0 Å². The Labute approximate surface area is 68.0 Å². The van der Waals surface area contributed by atoms with E-state index in [2.05, 4.69) is 9.97 Å². The Kier molecular flexibility index (Phi) is 1.77. The molecule has 0 fully saturated rings. The summed E-state index contributed by atoms with van der Waals surface area (Å²) >= 11 is 0. The molecule has 0 aliphatic heterocycles. The lowest BCUT2D eigenvalue weighted by Crippen LogP contribution is -1.94. The molecule has 2 rings (SSSR count). The molecule has 5 nitrogen and oxygen atoms in total. The van der Waals surface area contributed by atoms with Gasteiger partial charge in [0.2, 0.25) is 5.89 Å². The molecule has 0 aromatic carbocycles. The van der Waals surface area contributed by atoms with Gasteiger partial charge in [0, 0.05) is 0 Å². The summed E-state index contributed by atoms with van der Waals surface area (Å²) in [6.07, 6.45) is 5.75. The fourth-order valence-electron chi connectivity index (χ4n) is 0.733. The molecule has 0 aliphatic carbocycles. The highest BCUT2D eigenvalue weighted by Gasteiger charge is 2.00. The summed E-state index contributed by atoms with van der Waals surface area (Å²) in [4.78, 5) is 7.62. The maximum atomic E-state index is 5.13. The third-order valence-corrected chi connectivity index (χ3v) is 1.24. The standard InChI is InChI=1S/C7H6N2O3/c1-2-11-7(8-1)4-12-6-3-10-5-9-6/h1-3,5H,4H2. The van der Waals surface area contributed by atoms with Crippen molar-refractivity contribution >= 4 is 0 Å². The monoisotopic (exact) mass is 166 g/mol. The minimum atomic E-state index is 0.263. The van der Waals surface area contributed by atoms with E-state index in [1.807, 2.05) is 0 Å². The second-order valence-corrected chi connectivity index (χ2v) is 2.04. The largest absolute Gasteiger partial charge is 0.465 e. The van der Waals surface area contributed by atoms with Crippen LogP contribution in [-0.2, 0) is 6.61 Å². The highest BCUT2D eigenvalue weighted by molar-refractivity contribution is 4.98. The highest BCUT2D eigenvalue weighted by Crippen LogP contribution is 2.07. The zero-order chi connectivity index (χ0) is 8.23. The minimum Gasteiger partial charge on any atom is -0.465 e. The molecule has 0 radical (unpaired) electrons. The second kappa shape index (κ2) is 3.08. The van der Waals surface area contributed by atoms with Gasteiger partial charge in [-0.15, -0.1) is 0 Å². The van der Waals surface area contributed by atoms with Crippen molar-refractivity contribution in [1.82, 2.24) is 9.97 Å². The number of rotatable bonds is 3. The van der Waals surface area contributed by atoms with Crippen molar-refractivity contribution in [1.29, 1.82) is 0 Å². The van der Waals surface area contributed by atoms with Crippen LogP contribution in [0, 0.1) is 0 Å². The predicted molar refractivity (Wildman–Crippen MR) is 37.3 cm³/mol. The van der Waals surface area contributed by atoms with E-state index in [0.29, 0.717) is 11.8 Å². The molecule has 0 aliphatic rings. The van der Waals surface area contributed by atoms with E-state index in [4.69, 9.17) is 13.6 Å². The van der Waals surface area contributed by atoms with E-state index < -0.39 is 0 Å². The Morgan fingerprint density at radius 2 is 2.42 bits per heavy atom. The van der Waals surface area contributed by atoms with Crippen LogP contribution in [0.2, 0.25) is 0 Å². The average molecular weight is 166 g/mol.